The molecule has 221 valence electrons. The molecule has 0 saturated carbocycles. The molecular formula is C30H41BN7O3Si. The van der Waals surface area contributed by atoms with Gasteiger partial charge in [0.25, 0.3) is 0 Å². The first kappa shape index (κ1) is 31.4. The van der Waals surface area contributed by atoms with Gasteiger partial charge in [0.2, 0.25) is 5.95 Å². The summed E-state index contributed by atoms with van der Waals surface area (Å²) in [5.74, 6) is 1.06. The molecule has 1 atom stereocenters. The third-order valence-electron chi connectivity index (χ3n) is 8.65. The zero-order valence-electron chi connectivity index (χ0n) is 26.1. The van der Waals surface area contributed by atoms with Crippen LogP contribution in [-0.2, 0) is 27.1 Å². The number of hydrogen-bond acceptors (Lipinski definition) is 9. The molecule has 1 aromatic carbocycles. The van der Waals surface area contributed by atoms with Crippen molar-refractivity contribution in [2.24, 2.45) is 7.05 Å². The SMILES string of the molecule is Cn1nc(C(C)(C)CO)cc1Nc1nccc(-c2cc(C#N)c3c(c2)C(C)(CO[Si](C)(C)C(C)(C)C)CN3[B]C=O)n1. The summed E-state index contributed by atoms with van der Waals surface area (Å²) in [6, 6.07) is 9.90. The summed E-state index contributed by atoms with van der Waals surface area (Å²) < 4.78 is 8.37. The smallest absolute Gasteiger partial charge is 0.329 e. The molecule has 42 heavy (non-hydrogen) atoms. The van der Waals surface area contributed by atoms with Gasteiger partial charge < -0.3 is 24.5 Å². The minimum Gasteiger partial charge on any atom is -0.416 e. The molecule has 1 aliphatic rings. The predicted octanol–water partition coefficient (Wildman–Crippen LogP) is 4.67. The van der Waals surface area contributed by atoms with Crippen LogP contribution < -0.4 is 10.1 Å². The summed E-state index contributed by atoms with van der Waals surface area (Å²) in [6.07, 6.45) is 2.43. The molecule has 1 aliphatic heterocycles. The van der Waals surface area contributed by atoms with Crippen molar-refractivity contribution < 1.29 is 14.3 Å². The molecule has 0 fully saturated rings. The number of nitriles is 1. The number of nitrogens with zero attached hydrogens (tertiary/aromatic N) is 6. The van der Waals surface area contributed by atoms with E-state index in [1.54, 1.807) is 10.9 Å². The molecule has 1 radical (unpaired) electrons. The van der Waals surface area contributed by atoms with Gasteiger partial charge in [-0.2, -0.15) is 10.4 Å². The van der Waals surface area contributed by atoms with Crippen molar-refractivity contribution in [2.75, 3.05) is 29.9 Å². The Balaban J connectivity index is 1.73. The lowest BCUT2D eigenvalue weighted by molar-refractivity contribution is 0.214. The van der Waals surface area contributed by atoms with Crippen LogP contribution >= 0.6 is 0 Å². The molecule has 12 heteroatoms. The first-order valence-electron chi connectivity index (χ1n) is 14.1. The Labute approximate surface area is 250 Å². The molecule has 0 spiro atoms. The Bertz CT molecular complexity index is 1530. The second kappa shape index (κ2) is 11.3. The van der Waals surface area contributed by atoms with Crippen LogP contribution in [0.3, 0.4) is 0 Å². The Morgan fingerprint density at radius 3 is 2.60 bits per heavy atom. The van der Waals surface area contributed by atoms with Gasteiger partial charge in [-0.15, -0.1) is 0 Å². The number of hydrogen-bond donors (Lipinski definition) is 2. The van der Waals surface area contributed by atoms with Crippen LogP contribution in [0.4, 0.5) is 17.5 Å². The number of benzene rings is 1. The summed E-state index contributed by atoms with van der Waals surface area (Å²) in [5, 5.41) is 27.8. The first-order chi connectivity index (χ1) is 19.5. The lowest BCUT2D eigenvalue weighted by Crippen LogP contribution is -2.46. The molecule has 2 N–H and O–H groups in total. The van der Waals surface area contributed by atoms with Crippen molar-refractivity contribution in [3.05, 3.63) is 47.3 Å². The zero-order chi connectivity index (χ0) is 31.1. The molecule has 3 heterocycles. The van der Waals surface area contributed by atoms with E-state index in [9.17, 15) is 15.2 Å². The van der Waals surface area contributed by atoms with Gasteiger partial charge in [0, 0.05) is 54.5 Å². The number of anilines is 3. The van der Waals surface area contributed by atoms with E-state index in [0.29, 0.717) is 36.2 Å². The van der Waals surface area contributed by atoms with Crippen LogP contribution in [0.1, 0.15) is 58.4 Å². The molecule has 4 rings (SSSR count). The van der Waals surface area contributed by atoms with Crippen molar-refractivity contribution in [3.8, 4) is 17.3 Å². The average molecular weight is 587 g/mol. The van der Waals surface area contributed by atoms with Crippen molar-refractivity contribution in [1.82, 2.24) is 19.7 Å². The average Bonchev–Trinajstić information content (AvgIpc) is 3.44. The van der Waals surface area contributed by atoms with Crippen LogP contribution in [0.5, 0.6) is 0 Å². The molecular weight excluding hydrogens is 545 g/mol. The fraction of sp³-hybridized carbons (Fsp3) is 0.500. The van der Waals surface area contributed by atoms with E-state index in [2.05, 4.69) is 68.3 Å². The molecule has 0 aliphatic carbocycles. The predicted molar refractivity (Wildman–Crippen MR) is 169 cm³/mol. The highest BCUT2D eigenvalue weighted by Crippen LogP contribution is 2.46. The van der Waals surface area contributed by atoms with E-state index >= 15 is 0 Å². The summed E-state index contributed by atoms with van der Waals surface area (Å²) in [4.78, 5) is 22.6. The molecule has 10 nitrogen and oxygen atoms in total. The van der Waals surface area contributed by atoms with Gasteiger partial charge in [0.05, 0.1) is 23.6 Å². The quantitative estimate of drug-likeness (QED) is 0.257. The maximum Gasteiger partial charge on any atom is 0.329 e. The van der Waals surface area contributed by atoms with Gasteiger partial charge >= 0.3 is 7.41 Å². The minimum absolute atomic E-state index is 0.0309. The van der Waals surface area contributed by atoms with Crippen LogP contribution in [0.25, 0.3) is 11.3 Å². The Hall–Kier alpha value is -3.53. The van der Waals surface area contributed by atoms with Crippen molar-refractivity contribution in [1.29, 1.82) is 5.26 Å². The van der Waals surface area contributed by atoms with E-state index in [1.807, 2.05) is 43.9 Å². The second-order valence-corrected chi connectivity index (χ2v) is 18.3. The lowest BCUT2D eigenvalue weighted by atomic mass is 9.83. The summed E-state index contributed by atoms with van der Waals surface area (Å²) in [7, 11) is 1.25. The number of carbonyl (C=O) groups is 1. The lowest BCUT2D eigenvalue weighted by Gasteiger charge is -2.39. The summed E-state index contributed by atoms with van der Waals surface area (Å²) >= 11 is 0. The zero-order valence-corrected chi connectivity index (χ0v) is 27.1. The van der Waals surface area contributed by atoms with Gasteiger partial charge in [0.1, 0.15) is 18.1 Å². The van der Waals surface area contributed by atoms with E-state index in [1.165, 1.54) is 7.41 Å². The van der Waals surface area contributed by atoms with Crippen LogP contribution in [0.15, 0.2) is 30.5 Å². The van der Waals surface area contributed by atoms with E-state index in [-0.39, 0.29) is 11.6 Å². The number of fused-ring (bicyclic) bond motifs is 1. The highest BCUT2D eigenvalue weighted by atomic mass is 28.4. The van der Waals surface area contributed by atoms with Crippen LogP contribution in [0, 0.1) is 11.3 Å². The highest BCUT2D eigenvalue weighted by molar-refractivity contribution is 6.74. The summed E-state index contributed by atoms with van der Waals surface area (Å²) in [6.45, 7) is 18.0. The monoisotopic (exact) mass is 586 g/mol. The number of aliphatic hydroxyl groups excluding tert-OH is 1. The first-order valence-corrected chi connectivity index (χ1v) is 17.0. The third-order valence-corrected chi connectivity index (χ3v) is 13.1. The number of rotatable bonds is 10. The van der Waals surface area contributed by atoms with Crippen LogP contribution in [0.2, 0.25) is 18.1 Å². The second-order valence-electron chi connectivity index (χ2n) is 13.5. The minimum atomic E-state index is -2.06. The fourth-order valence-corrected chi connectivity index (χ4v) is 5.86. The summed E-state index contributed by atoms with van der Waals surface area (Å²) in [5.41, 5.74) is 3.37. The molecule has 0 bridgehead atoms. The number of aryl methyl sites for hydroxylation is 1. The van der Waals surface area contributed by atoms with Crippen LogP contribution in [-0.4, -0.2) is 66.5 Å². The number of aliphatic hydroxyl groups is 1. The Kier molecular flexibility index (Phi) is 8.44. The Morgan fingerprint density at radius 2 is 1.98 bits per heavy atom. The van der Waals surface area contributed by atoms with Gasteiger partial charge in [-0.05, 0) is 41.9 Å². The normalized spacial score (nSPS) is 17.1. The largest absolute Gasteiger partial charge is 0.416 e. The molecule has 2 aromatic heterocycles. The standard InChI is InChI=1S/C30H41BN7O3Si/c1-28(2,3)42(8,9)41-18-30(6)16-38(31-19-40)26-21(15-32)12-20(13-22(26)30)23-10-11-33-27(34-23)35-25-14-24(36-37(25)7)29(4,5)17-39/h10-14,19,39H,16-18H2,1-9H3,(H,33,34,35). The van der Waals surface area contributed by atoms with Crippen molar-refractivity contribution >= 4 is 39.4 Å². The number of aromatic nitrogens is 4. The fourth-order valence-electron chi connectivity index (χ4n) is 4.75. The molecule has 3 aromatic rings. The van der Waals surface area contributed by atoms with E-state index < -0.39 is 19.1 Å². The van der Waals surface area contributed by atoms with Gasteiger partial charge in [0.15, 0.2) is 8.32 Å². The highest BCUT2D eigenvalue weighted by Gasteiger charge is 2.44. The maximum absolute atomic E-state index is 11.6. The van der Waals surface area contributed by atoms with Gasteiger partial charge in [-0.3, -0.25) is 4.68 Å². The van der Waals surface area contributed by atoms with E-state index in [4.69, 9.17) is 9.41 Å². The van der Waals surface area contributed by atoms with Gasteiger partial charge in [-0.25, -0.2) is 9.97 Å². The molecule has 0 saturated heterocycles. The van der Waals surface area contributed by atoms with Crippen molar-refractivity contribution in [2.45, 2.75) is 70.5 Å². The number of nitrogens with one attached hydrogen (secondary N) is 1. The van der Waals surface area contributed by atoms with E-state index in [0.717, 1.165) is 28.7 Å². The third kappa shape index (κ3) is 6.00. The topological polar surface area (TPSA) is 129 Å². The number of carbonyl (C=O) groups excluding carboxylic acids is 1. The maximum atomic E-state index is 11.6. The molecule has 1 unspecified atom stereocenters. The van der Waals surface area contributed by atoms with Crippen molar-refractivity contribution in [3.63, 3.8) is 0 Å². The Morgan fingerprint density at radius 1 is 1.26 bits per heavy atom. The molecule has 0 amide bonds. The van der Waals surface area contributed by atoms with Gasteiger partial charge in [-0.1, -0.05) is 41.5 Å².